The molecule has 7 heteroatoms. The van der Waals surface area contributed by atoms with Crippen molar-refractivity contribution >= 4 is 12.0 Å². The van der Waals surface area contributed by atoms with Crippen LogP contribution in [-0.4, -0.2) is 34.4 Å². The van der Waals surface area contributed by atoms with Gasteiger partial charge in [-0.25, -0.2) is 9.18 Å². The van der Waals surface area contributed by atoms with Crippen LogP contribution >= 0.6 is 0 Å². The van der Waals surface area contributed by atoms with E-state index in [4.69, 9.17) is 23.7 Å². The molecule has 0 spiro atoms. The number of esters is 1. The second-order valence-electron chi connectivity index (χ2n) is 5.37. The standard InChI is InChI=1S/C20H21FO6/c1-23-16-7-5-14(9-15(16)21)12-27-19(22)8-6-13-10-17(24-2)20(26-4)18(11-13)25-3/h5-11H,12H2,1-4H3/b8-6+. The molecule has 0 bridgehead atoms. The number of halogens is 1. The van der Waals surface area contributed by atoms with E-state index in [0.717, 1.165) is 0 Å². The molecule has 0 amide bonds. The Morgan fingerprint density at radius 2 is 1.56 bits per heavy atom. The molecule has 144 valence electrons. The highest BCUT2D eigenvalue weighted by atomic mass is 19.1. The van der Waals surface area contributed by atoms with E-state index in [-0.39, 0.29) is 12.4 Å². The summed E-state index contributed by atoms with van der Waals surface area (Å²) in [5, 5.41) is 0. The molecule has 0 unspecified atom stereocenters. The molecular formula is C20H21FO6. The Kier molecular flexibility index (Phi) is 7.05. The van der Waals surface area contributed by atoms with Crippen molar-refractivity contribution in [1.29, 1.82) is 0 Å². The molecular weight excluding hydrogens is 355 g/mol. The zero-order valence-corrected chi connectivity index (χ0v) is 15.6. The summed E-state index contributed by atoms with van der Waals surface area (Å²) in [5.74, 6) is 0.449. The van der Waals surface area contributed by atoms with Gasteiger partial charge in [-0.2, -0.15) is 0 Å². The molecule has 6 nitrogen and oxygen atoms in total. The molecule has 0 aliphatic heterocycles. The first-order valence-corrected chi connectivity index (χ1v) is 7.99. The number of ether oxygens (including phenoxy) is 5. The van der Waals surface area contributed by atoms with Gasteiger partial charge in [0.15, 0.2) is 23.1 Å². The third kappa shape index (κ3) is 5.13. The molecule has 0 aromatic heterocycles. The smallest absolute Gasteiger partial charge is 0.331 e. The quantitative estimate of drug-likeness (QED) is 0.518. The van der Waals surface area contributed by atoms with E-state index in [1.807, 2.05) is 0 Å². The molecule has 0 heterocycles. The van der Waals surface area contributed by atoms with Gasteiger partial charge in [0.1, 0.15) is 6.61 Å². The van der Waals surface area contributed by atoms with Gasteiger partial charge >= 0.3 is 5.97 Å². The molecule has 0 aliphatic rings. The monoisotopic (exact) mass is 376 g/mol. The number of hydrogen-bond donors (Lipinski definition) is 0. The summed E-state index contributed by atoms with van der Waals surface area (Å²) in [6, 6.07) is 7.76. The fourth-order valence-electron chi connectivity index (χ4n) is 2.36. The number of carbonyl (C=O) groups excluding carboxylic acids is 1. The Hall–Kier alpha value is -3.22. The van der Waals surface area contributed by atoms with Gasteiger partial charge in [0.05, 0.1) is 28.4 Å². The topological polar surface area (TPSA) is 63.2 Å². The Balaban J connectivity index is 2.05. The van der Waals surface area contributed by atoms with Crippen molar-refractivity contribution in [2.75, 3.05) is 28.4 Å². The van der Waals surface area contributed by atoms with Crippen molar-refractivity contribution in [3.63, 3.8) is 0 Å². The summed E-state index contributed by atoms with van der Waals surface area (Å²) in [4.78, 5) is 11.9. The molecule has 2 aromatic rings. The highest BCUT2D eigenvalue weighted by Gasteiger charge is 2.12. The zero-order valence-electron chi connectivity index (χ0n) is 15.6. The molecule has 0 fully saturated rings. The van der Waals surface area contributed by atoms with Gasteiger partial charge in [-0.1, -0.05) is 6.07 Å². The lowest BCUT2D eigenvalue weighted by Gasteiger charge is -2.12. The lowest BCUT2D eigenvalue weighted by molar-refractivity contribution is -0.138. The minimum absolute atomic E-state index is 0.0562. The van der Waals surface area contributed by atoms with Gasteiger partial charge in [-0.05, 0) is 41.5 Å². The predicted molar refractivity (Wildman–Crippen MR) is 97.9 cm³/mol. The predicted octanol–water partition coefficient (Wildman–Crippen LogP) is 3.62. The number of carbonyl (C=O) groups is 1. The molecule has 0 N–H and O–H groups in total. The Bertz CT molecular complexity index is 806. The van der Waals surface area contributed by atoms with Crippen molar-refractivity contribution in [3.05, 3.63) is 53.4 Å². The largest absolute Gasteiger partial charge is 0.494 e. The van der Waals surface area contributed by atoms with Crippen LogP contribution in [0.1, 0.15) is 11.1 Å². The molecule has 2 rings (SSSR count). The average Bonchev–Trinajstić information content (AvgIpc) is 2.69. The first-order chi connectivity index (χ1) is 13.0. The fourth-order valence-corrected chi connectivity index (χ4v) is 2.36. The van der Waals surface area contributed by atoms with Crippen LogP contribution in [0.25, 0.3) is 6.08 Å². The average molecular weight is 376 g/mol. The molecule has 0 atom stereocenters. The molecule has 0 saturated heterocycles. The van der Waals surface area contributed by atoms with Crippen LogP contribution in [0.3, 0.4) is 0 Å². The van der Waals surface area contributed by atoms with E-state index >= 15 is 0 Å². The number of rotatable bonds is 8. The summed E-state index contributed by atoms with van der Waals surface area (Å²) in [6.07, 6.45) is 2.82. The van der Waals surface area contributed by atoms with Crippen molar-refractivity contribution in [2.24, 2.45) is 0 Å². The summed E-state index contributed by atoms with van der Waals surface area (Å²) >= 11 is 0. The Labute approximate surface area is 157 Å². The molecule has 2 aromatic carbocycles. The molecule has 0 aliphatic carbocycles. The first kappa shape index (κ1) is 20.1. The van der Waals surface area contributed by atoms with E-state index in [2.05, 4.69) is 0 Å². The molecule has 0 saturated carbocycles. The van der Waals surface area contributed by atoms with E-state index in [0.29, 0.717) is 28.4 Å². The van der Waals surface area contributed by atoms with Crippen LogP contribution in [0.2, 0.25) is 0 Å². The first-order valence-electron chi connectivity index (χ1n) is 7.99. The maximum absolute atomic E-state index is 13.6. The lowest BCUT2D eigenvalue weighted by Crippen LogP contribution is -2.01. The molecule has 27 heavy (non-hydrogen) atoms. The number of benzene rings is 2. The third-order valence-electron chi connectivity index (χ3n) is 3.70. The van der Waals surface area contributed by atoms with Crippen LogP contribution in [0.5, 0.6) is 23.0 Å². The van der Waals surface area contributed by atoms with Crippen LogP contribution in [-0.2, 0) is 16.1 Å². The van der Waals surface area contributed by atoms with Crippen LogP contribution in [0.4, 0.5) is 4.39 Å². The van der Waals surface area contributed by atoms with E-state index in [1.54, 1.807) is 24.3 Å². The van der Waals surface area contributed by atoms with Crippen LogP contribution in [0.15, 0.2) is 36.4 Å². The SMILES string of the molecule is COc1ccc(COC(=O)/C=C/c2cc(OC)c(OC)c(OC)c2)cc1F. The van der Waals surface area contributed by atoms with Gasteiger partial charge in [0, 0.05) is 6.08 Å². The van der Waals surface area contributed by atoms with Crippen LogP contribution in [0, 0.1) is 5.82 Å². The van der Waals surface area contributed by atoms with Crippen LogP contribution < -0.4 is 18.9 Å². The maximum Gasteiger partial charge on any atom is 0.331 e. The maximum atomic E-state index is 13.6. The minimum atomic E-state index is -0.569. The summed E-state index contributed by atoms with van der Waals surface area (Å²) in [6.45, 7) is -0.0562. The minimum Gasteiger partial charge on any atom is -0.494 e. The van der Waals surface area contributed by atoms with Gasteiger partial charge < -0.3 is 23.7 Å². The second-order valence-corrected chi connectivity index (χ2v) is 5.37. The van der Waals surface area contributed by atoms with Crippen molar-refractivity contribution in [3.8, 4) is 23.0 Å². The summed E-state index contributed by atoms with van der Waals surface area (Å²) in [7, 11) is 5.90. The van der Waals surface area contributed by atoms with E-state index in [1.165, 1.54) is 46.6 Å². The van der Waals surface area contributed by atoms with E-state index < -0.39 is 11.8 Å². The summed E-state index contributed by atoms with van der Waals surface area (Å²) < 4.78 is 39.4. The van der Waals surface area contributed by atoms with Crippen molar-refractivity contribution < 1.29 is 32.9 Å². The van der Waals surface area contributed by atoms with E-state index in [9.17, 15) is 9.18 Å². The highest BCUT2D eigenvalue weighted by molar-refractivity contribution is 5.87. The van der Waals surface area contributed by atoms with Crippen molar-refractivity contribution in [2.45, 2.75) is 6.61 Å². The normalized spacial score (nSPS) is 10.6. The van der Waals surface area contributed by atoms with Crippen molar-refractivity contribution in [1.82, 2.24) is 0 Å². The zero-order chi connectivity index (χ0) is 19.8. The van der Waals surface area contributed by atoms with Gasteiger partial charge in [0.25, 0.3) is 0 Å². The fraction of sp³-hybridized carbons (Fsp3) is 0.250. The van der Waals surface area contributed by atoms with Gasteiger partial charge in [-0.3, -0.25) is 0 Å². The number of methoxy groups -OCH3 is 4. The summed E-state index contributed by atoms with van der Waals surface area (Å²) in [5.41, 5.74) is 1.18. The Morgan fingerprint density at radius 1 is 0.926 bits per heavy atom. The van der Waals surface area contributed by atoms with Gasteiger partial charge in [0.2, 0.25) is 5.75 Å². The Morgan fingerprint density at radius 3 is 2.07 bits per heavy atom. The second kappa shape index (κ2) is 9.47. The lowest BCUT2D eigenvalue weighted by atomic mass is 10.1. The highest BCUT2D eigenvalue weighted by Crippen LogP contribution is 2.38. The third-order valence-corrected chi connectivity index (χ3v) is 3.70. The molecule has 0 radical (unpaired) electrons. The number of hydrogen-bond acceptors (Lipinski definition) is 6. The van der Waals surface area contributed by atoms with Gasteiger partial charge in [-0.15, -0.1) is 0 Å².